The molecule has 0 spiro atoms. The van der Waals surface area contributed by atoms with Crippen LogP contribution in [-0.4, -0.2) is 11.8 Å². The number of hydrogen-bond acceptors (Lipinski definition) is 2. The van der Waals surface area contributed by atoms with E-state index in [-0.39, 0.29) is 5.60 Å². The summed E-state index contributed by atoms with van der Waals surface area (Å²) in [7, 11) is -0.921. The van der Waals surface area contributed by atoms with E-state index in [4.69, 9.17) is 15.5 Å². The van der Waals surface area contributed by atoms with Crippen molar-refractivity contribution in [3.63, 3.8) is 0 Å². The van der Waals surface area contributed by atoms with Crippen LogP contribution in [-0.2, 0) is 9.05 Å². The first-order valence-electron chi connectivity index (χ1n) is 5.63. The molecule has 17 heavy (non-hydrogen) atoms. The van der Waals surface area contributed by atoms with Crippen LogP contribution in [0.2, 0.25) is 0 Å². The maximum atomic E-state index is 5.95. The molecule has 0 aromatic heterocycles. The van der Waals surface area contributed by atoms with Crippen molar-refractivity contribution in [1.82, 2.24) is 0 Å². The molecule has 3 heteroatoms. The third-order valence-corrected chi connectivity index (χ3v) is 4.24. The lowest BCUT2D eigenvalue weighted by atomic mass is 9.97. The van der Waals surface area contributed by atoms with Crippen molar-refractivity contribution in [3.8, 4) is 12.3 Å². The van der Waals surface area contributed by atoms with E-state index in [1.807, 2.05) is 13.8 Å². The Morgan fingerprint density at radius 2 is 2.12 bits per heavy atom. The highest BCUT2D eigenvalue weighted by Gasteiger charge is 2.35. The standard InChI is InChI=1S/C14H19O2P/c1-6-9-10-11-17-15-13(8-3)12(7-2)14(4,5)16-17/h1,7-8H,2-3,9-11H2,4-5H3. The van der Waals surface area contributed by atoms with Gasteiger partial charge in [-0.15, -0.1) is 12.3 Å². The van der Waals surface area contributed by atoms with Crippen LogP contribution in [0.5, 0.6) is 0 Å². The highest BCUT2D eigenvalue weighted by Crippen LogP contribution is 2.52. The molecule has 0 bridgehead atoms. The second kappa shape index (κ2) is 6.05. The molecular weight excluding hydrogens is 231 g/mol. The van der Waals surface area contributed by atoms with E-state index in [9.17, 15) is 0 Å². The summed E-state index contributed by atoms with van der Waals surface area (Å²) in [6.07, 6.45) is 11.3. The summed E-state index contributed by atoms with van der Waals surface area (Å²) in [6, 6.07) is 0. The summed E-state index contributed by atoms with van der Waals surface area (Å²) in [5.41, 5.74) is 0.578. The van der Waals surface area contributed by atoms with E-state index in [2.05, 4.69) is 19.1 Å². The van der Waals surface area contributed by atoms with Gasteiger partial charge in [0.15, 0.2) is 0 Å². The van der Waals surface area contributed by atoms with Gasteiger partial charge < -0.3 is 9.05 Å². The molecule has 0 aromatic rings. The Kier molecular flexibility index (Phi) is 5.00. The van der Waals surface area contributed by atoms with Gasteiger partial charge in [0.05, 0.1) is 5.60 Å². The second-order valence-corrected chi connectivity index (χ2v) is 5.72. The van der Waals surface area contributed by atoms with Crippen LogP contribution in [0.4, 0.5) is 0 Å². The van der Waals surface area contributed by atoms with Gasteiger partial charge in [-0.1, -0.05) is 19.2 Å². The molecule has 1 rings (SSSR count). The van der Waals surface area contributed by atoms with Crippen molar-refractivity contribution in [3.05, 3.63) is 36.6 Å². The number of rotatable bonds is 5. The van der Waals surface area contributed by atoms with Gasteiger partial charge >= 0.3 is 0 Å². The molecular formula is C14H19O2P. The predicted molar refractivity (Wildman–Crippen MR) is 73.5 cm³/mol. The van der Waals surface area contributed by atoms with Gasteiger partial charge in [0.25, 0.3) is 0 Å². The Labute approximate surface area is 105 Å². The molecule has 1 aliphatic heterocycles. The third kappa shape index (κ3) is 3.46. The van der Waals surface area contributed by atoms with Gasteiger partial charge in [-0.2, -0.15) is 0 Å². The van der Waals surface area contributed by atoms with Gasteiger partial charge in [0, 0.05) is 18.2 Å². The van der Waals surface area contributed by atoms with E-state index in [0.29, 0.717) is 0 Å². The Morgan fingerprint density at radius 1 is 1.41 bits per heavy atom. The fraction of sp³-hybridized carbons (Fsp3) is 0.429. The minimum absolute atomic E-state index is 0.370. The Morgan fingerprint density at radius 3 is 2.65 bits per heavy atom. The van der Waals surface area contributed by atoms with Gasteiger partial charge in [-0.25, -0.2) is 0 Å². The summed E-state index contributed by atoms with van der Waals surface area (Å²) in [6.45, 7) is 11.6. The Hall–Kier alpha value is -1.03. The topological polar surface area (TPSA) is 18.5 Å². The molecule has 2 nitrogen and oxygen atoms in total. The summed E-state index contributed by atoms with van der Waals surface area (Å²) in [5, 5.41) is 0. The molecule has 92 valence electrons. The summed E-state index contributed by atoms with van der Waals surface area (Å²) < 4.78 is 11.7. The first kappa shape index (κ1) is 14.0. The average Bonchev–Trinajstić information content (AvgIpc) is 2.27. The van der Waals surface area contributed by atoms with Gasteiger partial charge in [-0.05, 0) is 26.3 Å². The van der Waals surface area contributed by atoms with Crippen molar-refractivity contribution >= 4 is 8.38 Å². The van der Waals surface area contributed by atoms with Crippen LogP contribution in [0.1, 0.15) is 26.7 Å². The summed E-state index contributed by atoms with van der Waals surface area (Å²) in [5.74, 6) is 3.40. The largest absolute Gasteiger partial charge is 0.447 e. The van der Waals surface area contributed by atoms with Crippen LogP contribution in [0, 0.1) is 12.3 Å². The normalized spacial score (nSPS) is 22.5. The quantitative estimate of drug-likeness (QED) is 0.414. The zero-order valence-electron chi connectivity index (χ0n) is 10.5. The maximum Gasteiger partial charge on any atom is 0.231 e. The Bertz CT molecular complexity index is 374. The van der Waals surface area contributed by atoms with Crippen molar-refractivity contribution in [2.45, 2.75) is 32.3 Å². The van der Waals surface area contributed by atoms with Gasteiger partial charge in [0.2, 0.25) is 8.38 Å². The van der Waals surface area contributed by atoms with E-state index in [1.165, 1.54) is 0 Å². The highest BCUT2D eigenvalue weighted by atomic mass is 31.2. The van der Waals surface area contributed by atoms with Crippen LogP contribution in [0.25, 0.3) is 0 Å². The van der Waals surface area contributed by atoms with Crippen molar-refractivity contribution in [2.24, 2.45) is 0 Å². The summed E-state index contributed by atoms with van der Waals surface area (Å²) >= 11 is 0. The molecule has 0 aliphatic carbocycles. The van der Waals surface area contributed by atoms with E-state index >= 15 is 0 Å². The van der Waals surface area contributed by atoms with E-state index < -0.39 is 8.38 Å². The van der Waals surface area contributed by atoms with Gasteiger partial charge in [-0.3, -0.25) is 0 Å². The third-order valence-electron chi connectivity index (χ3n) is 2.50. The fourth-order valence-electron chi connectivity index (χ4n) is 1.67. The fourth-order valence-corrected chi connectivity index (χ4v) is 3.31. The number of terminal acetylenes is 1. The van der Waals surface area contributed by atoms with Crippen LogP contribution in [0.15, 0.2) is 36.6 Å². The average molecular weight is 250 g/mol. The molecule has 0 fully saturated rings. The smallest absolute Gasteiger partial charge is 0.231 e. The minimum Gasteiger partial charge on any atom is -0.447 e. The molecule has 1 aliphatic rings. The van der Waals surface area contributed by atoms with Gasteiger partial charge in [0.1, 0.15) is 5.76 Å². The maximum absolute atomic E-state index is 5.95. The highest BCUT2D eigenvalue weighted by molar-refractivity contribution is 7.47. The minimum atomic E-state index is -0.921. The van der Waals surface area contributed by atoms with E-state index in [0.717, 1.165) is 30.3 Å². The molecule has 0 radical (unpaired) electrons. The zero-order chi connectivity index (χ0) is 12.9. The molecule has 0 amide bonds. The first-order chi connectivity index (χ1) is 8.05. The predicted octanol–water partition coefficient (Wildman–Crippen LogP) is 4.16. The zero-order valence-corrected chi connectivity index (χ0v) is 11.4. The van der Waals surface area contributed by atoms with E-state index in [1.54, 1.807) is 12.2 Å². The van der Waals surface area contributed by atoms with Crippen molar-refractivity contribution in [1.29, 1.82) is 0 Å². The summed E-state index contributed by atoms with van der Waals surface area (Å²) in [4.78, 5) is 0. The SMILES string of the molecule is C#CCCCP1OC(C=C)=C(C=C)C(C)(C)O1. The molecule has 0 N–H and O–H groups in total. The number of hydrogen-bond donors (Lipinski definition) is 0. The van der Waals surface area contributed by atoms with Crippen molar-refractivity contribution < 1.29 is 9.05 Å². The molecule has 0 aromatic carbocycles. The van der Waals surface area contributed by atoms with Crippen molar-refractivity contribution in [2.75, 3.05) is 6.16 Å². The molecule has 0 saturated carbocycles. The second-order valence-electron chi connectivity index (χ2n) is 4.24. The lowest BCUT2D eigenvalue weighted by molar-refractivity contribution is 0.126. The molecule has 1 atom stereocenters. The number of unbranched alkanes of at least 4 members (excludes halogenated alkanes) is 1. The lowest BCUT2D eigenvalue weighted by Crippen LogP contribution is -2.29. The van der Waals surface area contributed by atoms with Crippen LogP contribution < -0.4 is 0 Å². The Balaban J connectivity index is 2.80. The van der Waals surface area contributed by atoms with Crippen LogP contribution in [0.3, 0.4) is 0 Å². The molecule has 0 saturated heterocycles. The molecule has 1 unspecified atom stereocenters. The monoisotopic (exact) mass is 250 g/mol. The van der Waals surface area contributed by atoms with Crippen LogP contribution >= 0.6 is 8.38 Å². The first-order valence-corrected chi connectivity index (χ1v) is 6.99. The molecule has 1 heterocycles. The number of allylic oxidation sites excluding steroid dienone is 1. The lowest BCUT2D eigenvalue weighted by Gasteiger charge is -2.37.